The van der Waals surface area contributed by atoms with Gasteiger partial charge in [-0.3, -0.25) is 9.59 Å². The summed E-state index contributed by atoms with van der Waals surface area (Å²) in [5.74, 6) is 0.878. The molecule has 6 nitrogen and oxygen atoms in total. The number of hydrogen-bond donors (Lipinski definition) is 2. The van der Waals surface area contributed by atoms with Crippen molar-refractivity contribution in [2.75, 3.05) is 26.6 Å². The van der Waals surface area contributed by atoms with Crippen LogP contribution in [-0.4, -0.2) is 33.1 Å². The van der Waals surface area contributed by atoms with Crippen LogP contribution in [0.3, 0.4) is 0 Å². The van der Waals surface area contributed by atoms with Crippen LogP contribution in [0.25, 0.3) is 0 Å². The third-order valence-electron chi connectivity index (χ3n) is 4.85. The van der Waals surface area contributed by atoms with Crippen LogP contribution >= 0.6 is 11.3 Å². The minimum atomic E-state index is -0.360. The van der Waals surface area contributed by atoms with Crippen molar-refractivity contribution in [3.05, 3.63) is 39.8 Å². The quantitative estimate of drug-likeness (QED) is 0.822. The normalized spacial score (nSPS) is 15.6. The Morgan fingerprint density at radius 3 is 2.37 bits per heavy atom. The van der Waals surface area contributed by atoms with E-state index in [1.54, 1.807) is 25.2 Å². The Bertz CT molecular complexity index is 853. The molecule has 2 amide bonds. The smallest absolute Gasteiger partial charge is 0.263 e. The van der Waals surface area contributed by atoms with Gasteiger partial charge in [0.2, 0.25) is 0 Å². The second kappa shape index (κ2) is 8.00. The summed E-state index contributed by atoms with van der Waals surface area (Å²) in [7, 11) is 4.62. The lowest BCUT2D eigenvalue weighted by atomic mass is 9.88. The molecule has 0 saturated heterocycles. The zero-order valence-corrected chi connectivity index (χ0v) is 16.8. The second-order valence-corrected chi connectivity index (χ2v) is 7.73. The van der Waals surface area contributed by atoms with Gasteiger partial charge in [-0.15, -0.1) is 11.3 Å². The average molecular weight is 388 g/mol. The number of thiophene rings is 1. The maximum Gasteiger partial charge on any atom is 0.263 e. The van der Waals surface area contributed by atoms with Crippen LogP contribution in [0.1, 0.15) is 44.5 Å². The van der Waals surface area contributed by atoms with Gasteiger partial charge in [0.05, 0.1) is 19.8 Å². The fraction of sp³-hybridized carbons (Fsp3) is 0.400. The Hall–Kier alpha value is -2.54. The molecule has 0 spiro atoms. The molecule has 1 aliphatic rings. The molecule has 27 heavy (non-hydrogen) atoms. The number of ether oxygens (including phenoxy) is 2. The molecule has 0 saturated carbocycles. The molecule has 2 N–H and O–H groups in total. The Balaban J connectivity index is 2.01. The van der Waals surface area contributed by atoms with E-state index in [2.05, 4.69) is 17.6 Å². The summed E-state index contributed by atoms with van der Waals surface area (Å²) in [5.41, 5.74) is 1.94. The van der Waals surface area contributed by atoms with Gasteiger partial charge in [-0.2, -0.15) is 0 Å². The largest absolute Gasteiger partial charge is 0.496 e. The van der Waals surface area contributed by atoms with Gasteiger partial charge in [0.1, 0.15) is 22.1 Å². The highest BCUT2D eigenvalue weighted by atomic mass is 32.1. The first kappa shape index (κ1) is 19.2. The highest BCUT2D eigenvalue weighted by Gasteiger charge is 2.29. The van der Waals surface area contributed by atoms with E-state index in [1.165, 1.54) is 30.4 Å². The molecule has 1 aromatic carbocycles. The van der Waals surface area contributed by atoms with Gasteiger partial charge in [-0.1, -0.05) is 13.0 Å². The fourth-order valence-electron chi connectivity index (χ4n) is 3.44. The molecular formula is C20H24N2O4S. The first-order chi connectivity index (χ1) is 13.0. The van der Waals surface area contributed by atoms with Crippen LogP contribution < -0.4 is 20.1 Å². The van der Waals surface area contributed by atoms with Gasteiger partial charge >= 0.3 is 0 Å². The minimum Gasteiger partial charge on any atom is -0.496 e. The molecule has 7 heteroatoms. The number of carbonyl (C=O) groups excluding carboxylic acids is 2. The lowest BCUT2D eigenvalue weighted by Crippen LogP contribution is -2.23. The summed E-state index contributed by atoms with van der Waals surface area (Å²) in [6.45, 7) is 2.21. The van der Waals surface area contributed by atoms with E-state index in [-0.39, 0.29) is 11.8 Å². The molecule has 1 heterocycles. The van der Waals surface area contributed by atoms with E-state index in [4.69, 9.17) is 9.47 Å². The number of fused-ring (bicyclic) bond motifs is 1. The van der Waals surface area contributed by atoms with Crippen LogP contribution in [0.2, 0.25) is 0 Å². The van der Waals surface area contributed by atoms with E-state index >= 15 is 0 Å². The zero-order chi connectivity index (χ0) is 19.6. The third-order valence-corrected chi connectivity index (χ3v) is 6.02. The van der Waals surface area contributed by atoms with Crippen molar-refractivity contribution in [1.29, 1.82) is 0 Å². The molecule has 1 aliphatic carbocycles. The van der Waals surface area contributed by atoms with Crippen molar-refractivity contribution in [3.63, 3.8) is 0 Å². The number of nitrogens with one attached hydrogen (secondary N) is 2. The van der Waals surface area contributed by atoms with Crippen molar-refractivity contribution in [1.82, 2.24) is 5.32 Å². The zero-order valence-electron chi connectivity index (χ0n) is 16.0. The predicted molar refractivity (Wildman–Crippen MR) is 106 cm³/mol. The van der Waals surface area contributed by atoms with Gasteiger partial charge < -0.3 is 20.1 Å². The van der Waals surface area contributed by atoms with Crippen LogP contribution in [-0.2, 0) is 12.8 Å². The molecule has 0 aliphatic heterocycles. The molecule has 0 bridgehead atoms. The van der Waals surface area contributed by atoms with Crippen molar-refractivity contribution < 1.29 is 19.1 Å². The summed E-state index contributed by atoms with van der Waals surface area (Å²) < 4.78 is 10.6. The van der Waals surface area contributed by atoms with Crippen molar-refractivity contribution in [2.45, 2.75) is 26.2 Å². The third kappa shape index (κ3) is 3.64. The van der Waals surface area contributed by atoms with Gasteiger partial charge in [0.25, 0.3) is 11.8 Å². The monoisotopic (exact) mass is 388 g/mol. The molecule has 0 radical (unpaired) electrons. The fourth-order valence-corrected chi connectivity index (χ4v) is 4.85. The number of rotatable bonds is 5. The second-order valence-electron chi connectivity index (χ2n) is 6.63. The standard InChI is InChI=1S/C20H24N2O4S/c1-11-8-9-12-15(10-11)27-20(16(12)18(23)21-2)22-19(24)17-13(25-3)6-5-7-14(17)26-4/h5-7,11H,8-10H2,1-4H3,(H,21,23)(H,22,24)/t11-/m1/s1. The Morgan fingerprint density at radius 1 is 1.11 bits per heavy atom. The number of anilines is 1. The van der Waals surface area contributed by atoms with Crippen molar-refractivity contribution in [2.24, 2.45) is 5.92 Å². The highest BCUT2D eigenvalue weighted by Crippen LogP contribution is 2.40. The van der Waals surface area contributed by atoms with Crippen LogP contribution in [0, 0.1) is 5.92 Å². The molecular weight excluding hydrogens is 364 g/mol. The summed E-state index contributed by atoms with van der Waals surface area (Å²) in [4.78, 5) is 26.7. The maximum absolute atomic E-state index is 13.0. The van der Waals surface area contributed by atoms with E-state index in [0.29, 0.717) is 33.5 Å². The van der Waals surface area contributed by atoms with Crippen molar-refractivity contribution in [3.8, 4) is 11.5 Å². The first-order valence-corrected chi connectivity index (χ1v) is 9.70. The van der Waals surface area contributed by atoms with E-state index in [0.717, 1.165) is 24.8 Å². The molecule has 1 aromatic heterocycles. The number of amides is 2. The topological polar surface area (TPSA) is 76.7 Å². The number of methoxy groups -OCH3 is 2. The molecule has 3 rings (SSSR count). The number of benzene rings is 1. The van der Waals surface area contributed by atoms with Gasteiger partial charge in [-0.05, 0) is 42.9 Å². The summed E-state index contributed by atoms with van der Waals surface area (Å²) in [6, 6.07) is 5.17. The van der Waals surface area contributed by atoms with Crippen LogP contribution in [0.4, 0.5) is 5.00 Å². The highest BCUT2D eigenvalue weighted by molar-refractivity contribution is 7.17. The van der Waals surface area contributed by atoms with Gasteiger partial charge in [0.15, 0.2) is 0 Å². The lowest BCUT2D eigenvalue weighted by molar-refractivity contribution is 0.0963. The minimum absolute atomic E-state index is 0.177. The molecule has 2 aromatic rings. The van der Waals surface area contributed by atoms with Crippen LogP contribution in [0.15, 0.2) is 18.2 Å². The van der Waals surface area contributed by atoms with E-state index < -0.39 is 0 Å². The summed E-state index contributed by atoms with van der Waals surface area (Å²) in [6.07, 6.45) is 2.82. The number of hydrogen-bond acceptors (Lipinski definition) is 5. The summed E-state index contributed by atoms with van der Waals surface area (Å²) in [5, 5.41) is 6.19. The van der Waals surface area contributed by atoms with E-state index in [9.17, 15) is 9.59 Å². The Kier molecular flexibility index (Phi) is 5.70. The lowest BCUT2D eigenvalue weighted by Gasteiger charge is -2.18. The average Bonchev–Trinajstić information content (AvgIpc) is 3.03. The van der Waals surface area contributed by atoms with Gasteiger partial charge in [0, 0.05) is 11.9 Å². The first-order valence-electron chi connectivity index (χ1n) is 8.89. The van der Waals surface area contributed by atoms with Crippen molar-refractivity contribution >= 4 is 28.2 Å². The molecule has 0 fully saturated rings. The maximum atomic E-state index is 13.0. The SMILES string of the molecule is CNC(=O)c1c(NC(=O)c2c(OC)cccc2OC)sc2c1CC[C@@H](C)C2. The molecule has 0 unspecified atom stereocenters. The Labute approximate surface area is 162 Å². The number of carbonyl (C=O) groups is 2. The molecule has 1 atom stereocenters. The van der Waals surface area contributed by atoms with Crippen LogP contribution in [0.5, 0.6) is 11.5 Å². The molecule has 144 valence electrons. The van der Waals surface area contributed by atoms with Gasteiger partial charge in [-0.25, -0.2) is 0 Å². The Morgan fingerprint density at radius 2 is 1.78 bits per heavy atom. The predicted octanol–water partition coefficient (Wildman–Crippen LogP) is 3.50. The summed E-state index contributed by atoms with van der Waals surface area (Å²) >= 11 is 1.48. The van der Waals surface area contributed by atoms with E-state index in [1.807, 2.05) is 0 Å².